The lowest BCUT2D eigenvalue weighted by Gasteiger charge is -2.10. The molecule has 0 spiro atoms. The zero-order valence-corrected chi connectivity index (χ0v) is 11.6. The van der Waals surface area contributed by atoms with E-state index in [1.165, 1.54) is 0 Å². The molecule has 92 valence electrons. The van der Waals surface area contributed by atoms with Gasteiger partial charge in [0.25, 0.3) is 0 Å². The van der Waals surface area contributed by atoms with E-state index in [9.17, 15) is 0 Å². The standard InChI is InChI=1S/C12H16ClN3S/c1-16-11-8(13)4-3-5-10(11)15-12(16)9(14)6-7-17-2/h3-5,9H,6-7,14H2,1-2H3. The van der Waals surface area contributed by atoms with Crippen molar-refractivity contribution in [2.24, 2.45) is 12.8 Å². The number of aryl methyl sites for hydroxylation is 1. The third-order valence-corrected chi connectivity index (χ3v) is 3.79. The number of aromatic nitrogens is 2. The van der Waals surface area contributed by atoms with Crippen LogP contribution < -0.4 is 5.73 Å². The van der Waals surface area contributed by atoms with Crippen molar-refractivity contribution in [3.8, 4) is 0 Å². The Balaban J connectivity index is 2.42. The van der Waals surface area contributed by atoms with E-state index in [0.717, 1.165) is 34.1 Å². The van der Waals surface area contributed by atoms with Gasteiger partial charge < -0.3 is 10.3 Å². The summed E-state index contributed by atoms with van der Waals surface area (Å²) in [4.78, 5) is 4.57. The molecule has 0 saturated carbocycles. The maximum absolute atomic E-state index is 6.18. The average Bonchev–Trinajstić information content (AvgIpc) is 2.65. The second-order valence-corrected chi connectivity index (χ2v) is 5.42. The average molecular weight is 270 g/mol. The monoisotopic (exact) mass is 269 g/mol. The molecular weight excluding hydrogens is 254 g/mol. The summed E-state index contributed by atoms with van der Waals surface area (Å²) in [5.74, 6) is 1.94. The van der Waals surface area contributed by atoms with Gasteiger partial charge in [0.05, 0.1) is 22.1 Å². The van der Waals surface area contributed by atoms with Gasteiger partial charge in [0, 0.05) is 7.05 Å². The van der Waals surface area contributed by atoms with Gasteiger partial charge in [-0.05, 0) is 30.6 Å². The van der Waals surface area contributed by atoms with Crippen LogP contribution in [-0.2, 0) is 7.05 Å². The molecule has 1 aromatic heterocycles. The number of hydrogen-bond acceptors (Lipinski definition) is 3. The summed E-state index contributed by atoms with van der Waals surface area (Å²) in [5.41, 5.74) is 8.03. The van der Waals surface area contributed by atoms with E-state index in [-0.39, 0.29) is 6.04 Å². The molecule has 0 saturated heterocycles. The van der Waals surface area contributed by atoms with Crippen molar-refractivity contribution in [3.63, 3.8) is 0 Å². The highest BCUT2D eigenvalue weighted by atomic mass is 35.5. The Hall–Kier alpha value is -0.710. The lowest BCUT2D eigenvalue weighted by molar-refractivity contribution is 0.628. The fraction of sp³-hybridized carbons (Fsp3) is 0.417. The Morgan fingerprint density at radius 2 is 2.29 bits per heavy atom. The molecule has 5 heteroatoms. The maximum atomic E-state index is 6.18. The van der Waals surface area contributed by atoms with Crippen molar-refractivity contribution in [2.45, 2.75) is 12.5 Å². The van der Waals surface area contributed by atoms with Crippen LogP contribution in [0.1, 0.15) is 18.3 Å². The molecule has 3 nitrogen and oxygen atoms in total. The van der Waals surface area contributed by atoms with Crippen molar-refractivity contribution in [2.75, 3.05) is 12.0 Å². The van der Waals surface area contributed by atoms with Crippen LogP contribution in [0.5, 0.6) is 0 Å². The summed E-state index contributed by atoms with van der Waals surface area (Å²) >= 11 is 7.98. The zero-order chi connectivity index (χ0) is 12.4. The third kappa shape index (κ3) is 2.44. The topological polar surface area (TPSA) is 43.8 Å². The molecule has 1 aromatic carbocycles. The van der Waals surface area contributed by atoms with Gasteiger partial charge in [0.15, 0.2) is 0 Å². The maximum Gasteiger partial charge on any atom is 0.126 e. The van der Waals surface area contributed by atoms with Gasteiger partial charge >= 0.3 is 0 Å². The van der Waals surface area contributed by atoms with Gasteiger partial charge in [-0.25, -0.2) is 4.98 Å². The smallest absolute Gasteiger partial charge is 0.126 e. The second-order valence-electron chi connectivity index (χ2n) is 4.02. The molecule has 0 aliphatic carbocycles. The Morgan fingerprint density at radius 1 is 1.53 bits per heavy atom. The lowest BCUT2D eigenvalue weighted by Crippen LogP contribution is -2.16. The molecule has 2 N–H and O–H groups in total. The molecule has 2 aromatic rings. The number of para-hydroxylation sites is 1. The van der Waals surface area contributed by atoms with Crippen molar-refractivity contribution < 1.29 is 0 Å². The van der Waals surface area contributed by atoms with Crippen LogP contribution in [0.15, 0.2) is 18.2 Å². The largest absolute Gasteiger partial charge is 0.329 e. The predicted molar refractivity (Wildman–Crippen MR) is 75.7 cm³/mol. The van der Waals surface area contributed by atoms with Crippen LogP contribution in [0.3, 0.4) is 0 Å². The number of thioether (sulfide) groups is 1. The predicted octanol–water partition coefficient (Wildman–Crippen LogP) is 2.98. The van der Waals surface area contributed by atoms with Gasteiger partial charge in [-0.15, -0.1) is 0 Å². The van der Waals surface area contributed by atoms with E-state index >= 15 is 0 Å². The Morgan fingerprint density at radius 3 is 2.94 bits per heavy atom. The number of rotatable bonds is 4. The molecule has 0 bridgehead atoms. The number of nitrogens with two attached hydrogens (primary N) is 1. The zero-order valence-electron chi connectivity index (χ0n) is 9.98. The van der Waals surface area contributed by atoms with Gasteiger partial charge in [-0.1, -0.05) is 17.7 Å². The number of benzene rings is 1. The third-order valence-electron chi connectivity index (χ3n) is 2.84. The Labute approximate surface area is 110 Å². The van der Waals surface area contributed by atoms with Crippen LogP contribution in [-0.4, -0.2) is 21.6 Å². The van der Waals surface area contributed by atoms with Crippen molar-refractivity contribution >= 4 is 34.4 Å². The van der Waals surface area contributed by atoms with Crippen LogP contribution in [0.25, 0.3) is 11.0 Å². The van der Waals surface area contributed by atoms with Crippen molar-refractivity contribution in [1.82, 2.24) is 9.55 Å². The van der Waals surface area contributed by atoms with Crippen LogP contribution >= 0.6 is 23.4 Å². The van der Waals surface area contributed by atoms with Crippen molar-refractivity contribution in [1.29, 1.82) is 0 Å². The summed E-state index contributed by atoms with van der Waals surface area (Å²) < 4.78 is 2.00. The highest BCUT2D eigenvalue weighted by Crippen LogP contribution is 2.26. The molecule has 0 radical (unpaired) electrons. The summed E-state index contributed by atoms with van der Waals surface area (Å²) in [6, 6.07) is 5.72. The highest BCUT2D eigenvalue weighted by Gasteiger charge is 2.15. The van der Waals surface area contributed by atoms with Gasteiger partial charge in [-0.3, -0.25) is 0 Å². The first-order chi connectivity index (χ1) is 8.15. The quantitative estimate of drug-likeness (QED) is 0.928. The van der Waals surface area contributed by atoms with Crippen LogP contribution in [0, 0.1) is 0 Å². The van der Waals surface area contributed by atoms with Crippen LogP contribution in [0.2, 0.25) is 5.02 Å². The number of nitrogens with zero attached hydrogens (tertiary/aromatic N) is 2. The van der Waals surface area contributed by atoms with E-state index < -0.39 is 0 Å². The fourth-order valence-electron chi connectivity index (χ4n) is 1.94. The molecule has 0 amide bonds. The summed E-state index contributed by atoms with van der Waals surface area (Å²) in [5, 5.41) is 0.723. The normalized spacial score (nSPS) is 13.2. The SMILES string of the molecule is CSCCC(N)c1nc2cccc(Cl)c2n1C. The molecule has 17 heavy (non-hydrogen) atoms. The van der Waals surface area contributed by atoms with E-state index in [2.05, 4.69) is 11.2 Å². The van der Waals surface area contributed by atoms with E-state index in [4.69, 9.17) is 17.3 Å². The molecule has 1 unspecified atom stereocenters. The Bertz CT molecular complexity index is 524. The van der Waals surface area contributed by atoms with Crippen LogP contribution in [0.4, 0.5) is 0 Å². The summed E-state index contributed by atoms with van der Waals surface area (Å²) in [6.07, 6.45) is 3.01. The first-order valence-corrected chi connectivity index (χ1v) is 7.27. The molecular formula is C12H16ClN3S. The lowest BCUT2D eigenvalue weighted by atomic mass is 10.2. The minimum Gasteiger partial charge on any atom is -0.329 e. The van der Waals surface area contributed by atoms with E-state index in [0.29, 0.717) is 0 Å². The molecule has 0 aliphatic heterocycles. The van der Waals surface area contributed by atoms with E-state index in [1.54, 1.807) is 11.8 Å². The first kappa shape index (κ1) is 12.7. The Kier molecular flexibility index (Phi) is 3.97. The number of imidazole rings is 1. The second kappa shape index (κ2) is 5.29. The minimum absolute atomic E-state index is 0.0316. The minimum atomic E-state index is -0.0316. The molecule has 0 aliphatic rings. The fourth-order valence-corrected chi connectivity index (χ4v) is 2.73. The summed E-state index contributed by atoms with van der Waals surface area (Å²) in [7, 11) is 1.97. The van der Waals surface area contributed by atoms with E-state index in [1.807, 2.05) is 29.8 Å². The van der Waals surface area contributed by atoms with Gasteiger partial charge in [0.2, 0.25) is 0 Å². The molecule has 1 heterocycles. The van der Waals surface area contributed by atoms with Crippen molar-refractivity contribution in [3.05, 3.63) is 29.0 Å². The highest BCUT2D eigenvalue weighted by molar-refractivity contribution is 7.98. The molecule has 2 rings (SSSR count). The number of halogens is 1. The number of fused-ring (bicyclic) bond motifs is 1. The molecule has 1 atom stereocenters. The number of hydrogen-bond donors (Lipinski definition) is 1. The summed E-state index contributed by atoms with van der Waals surface area (Å²) in [6.45, 7) is 0. The molecule has 0 fully saturated rings. The first-order valence-electron chi connectivity index (χ1n) is 5.50. The van der Waals surface area contributed by atoms with Gasteiger partial charge in [-0.2, -0.15) is 11.8 Å². The van der Waals surface area contributed by atoms with Gasteiger partial charge in [0.1, 0.15) is 5.82 Å².